The first-order chi connectivity index (χ1) is 8.04. The normalized spacial score (nSPS) is 10.0. The van der Waals surface area contributed by atoms with Crippen molar-refractivity contribution in [2.45, 2.75) is 20.3 Å². The molecule has 0 aliphatic heterocycles. The molecule has 0 aliphatic rings. The molecule has 0 saturated carbocycles. The van der Waals surface area contributed by atoms with Gasteiger partial charge in [-0.15, -0.1) is 6.58 Å². The molecule has 0 fully saturated rings. The van der Waals surface area contributed by atoms with E-state index in [0.717, 1.165) is 11.3 Å². The zero-order valence-corrected chi connectivity index (χ0v) is 10.4. The van der Waals surface area contributed by atoms with Crippen molar-refractivity contribution in [2.24, 2.45) is 0 Å². The van der Waals surface area contributed by atoms with E-state index in [-0.39, 0.29) is 6.42 Å². The van der Waals surface area contributed by atoms with Crippen LogP contribution < -0.4 is 4.90 Å². The third-order valence-corrected chi connectivity index (χ3v) is 2.64. The van der Waals surface area contributed by atoms with Crippen LogP contribution >= 0.6 is 0 Å². The summed E-state index contributed by atoms with van der Waals surface area (Å²) in [6.45, 7) is 8.97. The molecule has 0 amide bonds. The van der Waals surface area contributed by atoms with Gasteiger partial charge < -0.3 is 10.0 Å². The molecular weight excluding hydrogens is 214 g/mol. The molecule has 0 bridgehead atoms. The van der Waals surface area contributed by atoms with Gasteiger partial charge >= 0.3 is 5.97 Å². The van der Waals surface area contributed by atoms with Crippen molar-refractivity contribution in [3.8, 4) is 0 Å². The molecule has 1 rings (SSSR count). The van der Waals surface area contributed by atoms with E-state index in [0.29, 0.717) is 13.1 Å². The number of benzene rings is 1. The summed E-state index contributed by atoms with van der Waals surface area (Å²) >= 11 is 0. The quantitative estimate of drug-likeness (QED) is 0.768. The Morgan fingerprint density at radius 2 is 2.18 bits per heavy atom. The Hall–Kier alpha value is -1.77. The van der Waals surface area contributed by atoms with E-state index in [1.807, 2.05) is 30.9 Å². The van der Waals surface area contributed by atoms with Crippen molar-refractivity contribution in [3.05, 3.63) is 42.0 Å². The average Bonchev–Trinajstić information content (AvgIpc) is 2.24. The van der Waals surface area contributed by atoms with Gasteiger partial charge in [0.1, 0.15) is 0 Å². The minimum atomic E-state index is -0.774. The molecule has 17 heavy (non-hydrogen) atoms. The summed E-state index contributed by atoms with van der Waals surface area (Å²) in [6.07, 6.45) is 1.93. The molecule has 3 nitrogen and oxygen atoms in total. The fourth-order valence-electron chi connectivity index (χ4n) is 1.86. The maximum Gasteiger partial charge on any atom is 0.305 e. The van der Waals surface area contributed by atoms with Gasteiger partial charge in [-0.3, -0.25) is 4.79 Å². The van der Waals surface area contributed by atoms with Gasteiger partial charge in [0.15, 0.2) is 0 Å². The third-order valence-electron chi connectivity index (χ3n) is 2.64. The Bertz CT molecular complexity index is 413. The van der Waals surface area contributed by atoms with Crippen molar-refractivity contribution in [1.82, 2.24) is 0 Å². The number of carbonyl (C=O) groups is 1. The molecule has 1 N–H and O–H groups in total. The van der Waals surface area contributed by atoms with Crippen molar-refractivity contribution in [2.75, 3.05) is 18.0 Å². The predicted octanol–water partition coefficient (Wildman–Crippen LogP) is 2.77. The molecule has 0 spiro atoms. The third kappa shape index (κ3) is 3.94. The Morgan fingerprint density at radius 3 is 2.71 bits per heavy atom. The maximum absolute atomic E-state index is 10.6. The summed E-state index contributed by atoms with van der Waals surface area (Å²) in [6, 6.07) is 6.18. The zero-order valence-electron chi connectivity index (χ0n) is 10.4. The highest BCUT2D eigenvalue weighted by Gasteiger charge is 2.09. The molecule has 1 aromatic rings. The number of hydrogen-bond acceptors (Lipinski definition) is 2. The summed E-state index contributed by atoms with van der Waals surface area (Å²) in [7, 11) is 0. The van der Waals surface area contributed by atoms with Crippen LogP contribution in [-0.4, -0.2) is 24.2 Å². The number of nitrogens with zero attached hydrogens (tertiary/aromatic N) is 1. The van der Waals surface area contributed by atoms with Crippen molar-refractivity contribution < 1.29 is 9.90 Å². The van der Waals surface area contributed by atoms with Gasteiger partial charge in [-0.25, -0.2) is 0 Å². The summed E-state index contributed by atoms with van der Waals surface area (Å²) in [5.74, 6) is -0.774. The second-order valence-corrected chi connectivity index (χ2v) is 4.17. The van der Waals surface area contributed by atoms with E-state index in [9.17, 15) is 4.79 Å². The van der Waals surface area contributed by atoms with Gasteiger partial charge in [0, 0.05) is 18.8 Å². The SMILES string of the molecule is C=CCN(CCC(=O)O)c1ccc(C)cc1C. The molecule has 0 heterocycles. The molecule has 1 aromatic carbocycles. The monoisotopic (exact) mass is 233 g/mol. The van der Waals surface area contributed by atoms with Crippen LogP contribution in [-0.2, 0) is 4.79 Å². The lowest BCUT2D eigenvalue weighted by molar-refractivity contribution is -0.136. The van der Waals surface area contributed by atoms with Gasteiger partial charge in [0.2, 0.25) is 0 Å². The van der Waals surface area contributed by atoms with Crippen LogP contribution in [0.25, 0.3) is 0 Å². The van der Waals surface area contributed by atoms with E-state index in [1.54, 1.807) is 6.08 Å². The summed E-state index contributed by atoms with van der Waals surface area (Å²) in [4.78, 5) is 12.7. The summed E-state index contributed by atoms with van der Waals surface area (Å²) in [5.41, 5.74) is 3.46. The van der Waals surface area contributed by atoms with Crippen LogP contribution in [0.1, 0.15) is 17.5 Å². The maximum atomic E-state index is 10.6. The van der Waals surface area contributed by atoms with Crippen LogP contribution in [0.2, 0.25) is 0 Å². The van der Waals surface area contributed by atoms with E-state index in [4.69, 9.17) is 5.11 Å². The first kappa shape index (κ1) is 13.3. The molecule has 0 aliphatic carbocycles. The fourth-order valence-corrected chi connectivity index (χ4v) is 1.86. The standard InChI is InChI=1S/C14H19NO2/c1-4-8-15(9-7-14(16)17)13-6-5-11(2)10-12(13)3/h4-6,10H,1,7-9H2,2-3H3,(H,16,17). The summed E-state index contributed by atoms with van der Waals surface area (Å²) < 4.78 is 0. The molecule has 0 atom stereocenters. The van der Waals surface area contributed by atoms with Gasteiger partial charge in [0.05, 0.1) is 6.42 Å². The molecule has 92 valence electrons. The number of aliphatic carboxylic acids is 1. The lowest BCUT2D eigenvalue weighted by Crippen LogP contribution is -2.26. The molecule has 0 aromatic heterocycles. The predicted molar refractivity (Wildman–Crippen MR) is 70.6 cm³/mol. The fraction of sp³-hybridized carbons (Fsp3) is 0.357. The Labute approximate surface area is 102 Å². The Morgan fingerprint density at radius 1 is 1.47 bits per heavy atom. The first-order valence-corrected chi connectivity index (χ1v) is 5.69. The Kier molecular flexibility index (Phi) is 4.76. The van der Waals surface area contributed by atoms with Gasteiger partial charge in [0.25, 0.3) is 0 Å². The van der Waals surface area contributed by atoms with Crippen LogP contribution in [0.15, 0.2) is 30.9 Å². The number of aryl methyl sites for hydroxylation is 2. The van der Waals surface area contributed by atoms with Crippen molar-refractivity contribution in [1.29, 1.82) is 0 Å². The second-order valence-electron chi connectivity index (χ2n) is 4.17. The lowest BCUT2D eigenvalue weighted by Gasteiger charge is -2.24. The van der Waals surface area contributed by atoms with E-state index in [1.165, 1.54) is 5.56 Å². The van der Waals surface area contributed by atoms with Gasteiger partial charge in [-0.05, 0) is 25.5 Å². The largest absolute Gasteiger partial charge is 0.481 e. The smallest absolute Gasteiger partial charge is 0.305 e. The van der Waals surface area contributed by atoms with Crippen molar-refractivity contribution in [3.63, 3.8) is 0 Å². The molecule has 0 saturated heterocycles. The topological polar surface area (TPSA) is 40.5 Å². The van der Waals surface area contributed by atoms with Crippen LogP contribution in [0, 0.1) is 13.8 Å². The first-order valence-electron chi connectivity index (χ1n) is 5.69. The van der Waals surface area contributed by atoms with E-state index >= 15 is 0 Å². The van der Waals surface area contributed by atoms with Gasteiger partial charge in [-0.1, -0.05) is 23.8 Å². The number of hydrogen-bond donors (Lipinski definition) is 1. The van der Waals surface area contributed by atoms with E-state index in [2.05, 4.69) is 12.6 Å². The minimum absolute atomic E-state index is 0.140. The highest BCUT2D eigenvalue weighted by atomic mass is 16.4. The Balaban J connectivity index is 2.88. The lowest BCUT2D eigenvalue weighted by atomic mass is 10.1. The summed E-state index contributed by atoms with van der Waals surface area (Å²) in [5, 5.41) is 8.74. The zero-order chi connectivity index (χ0) is 12.8. The van der Waals surface area contributed by atoms with Crippen LogP contribution in [0.3, 0.4) is 0 Å². The second kappa shape index (κ2) is 6.09. The highest BCUT2D eigenvalue weighted by molar-refractivity contribution is 5.68. The number of rotatable bonds is 6. The molecule has 0 radical (unpaired) electrons. The minimum Gasteiger partial charge on any atom is -0.481 e. The number of carboxylic acids is 1. The molecular formula is C14H19NO2. The van der Waals surface area contributed by atoms with Crippen molar-refractivity contribution >= 4 is 11.7 Å². The van der Waals surface area contributed by atoms with Gasteiger partial charge in [-0.2, -0.15) is 0 Å². The molecule has 0 unspecified atom stereocenters. The average molecular weight is 233 g/mol. The van der Waals surface area contributed by atoms with E-state index < -0.39 is 5.97 Å². The highest BCUT2D eigenvalue weighted by Crippen LogP contribution is 2.21. The van der Waals surface area contributed by atoms with Crippen LogP contribution in [0.5, 0.6) is 0 Å². The molecule has 3 heteroatoms. The number of anilines is 1. The van der Waals surface area contributed by atoms with Crippen LogP contribution in [0.4, 0.5) is 5.69 Å². The number of carboxylic acid groups (broad SMARTS) is 1.